The predicted molar refractivity (Wildman–Crippen MR) is 77.1 cm³/mol. The Bertz CT molecular complexity index is 475. The average Bonchev–Trinajstić information content (AvgIpc) is 2.73. The Kier molecular flexibility index (Phi) is 4.71. The molecule has 0 fully saturated rings. The van der Waals surface area contributed by atoms with Crippen molar-refractivity contribution in [2.75, 3.05) is 40.6 Å². The van der Waals surface area contributed by atoms with Gasteiger partial charge in [-0.3, -0.25) is 5.41 Å². The molecule has 5 nitrogen and oxygen atoms in total. The quantitative estimate of drug-likeness (QED) is 0.542. The zero-order valence-corrected chi connectivity index (χ0v) is 11.7. The van der Waals surface area contributed by atoms with Crippen molar-refractivity contribution in [2.45, 2.75) is 0 Å². The maximum atomic E-state index is 8.32. The number of hydrogen-bond donors (Lipinski definition) is 3. The molecule has 0 unspecified atom stereocenters. The van der Waals surface area contributed by atoms with E-state index < -0.39 is 0 Å². The van der Waals surface area contributed by atoms with Crippen LogP contribution >= 0.6 is 0 Å². The Labute approximate surface area is 108 Å². The summed E-state index contributed by atoms with van der Waals surface area (Å²) in [7, 11) is 9.65. The number of hydrogen-bond acceptors (Lipinski definition) is 3. The van der Waals surface area contributed by atoms with E-state index in [1.54, 1.807) is 0 Å². The van der Waals surface area contributed by atoms with Crippen molar-refractivity contribution < 1.29 is 4.58 Å². The maximum Gasteiger partial charge on any atom is 0.173 e. The van der Waals surface area contributed by atoms with Gasteiger partial charge < -0.3 is 15.2 Å². The van der Waals surface area contributed by atoms with Gasteiger partial charge in [0.25, 0.3) is 0 Å². The van der Waals surface area contributed by atoms with Crippen molar-refractivity contribution in [3.8, 4) is 0 Å². The first-order valence-electron chi connectivity index (χ1n) is 5.79. The summed E-state index contributed by atoms with van der Waals surface area (Å²) in [5, 5.41) is 11.4. The Morgan fingerprint density at radius 1 is 1.44 bits per heavy atom. The lowest BCUT2D eigenvalue weighted by atomic mass is 10.1. The highest BCUT2D eigenvalue weighted by atomic mass is 15.0. The van der Waals surface area contributed by atoms with Crippen LogP contribution in [0.5, 0.6) is 0 Å². The van der Waals surface area contributed by atoms with Gasteiger partial charge in [-0.05, 0) is 6.07 Å². The lowest BCUT2D eigenvalue weighted by Crippen LogP contribution is -2.15. The molecule has 0 aliphatic carbocycles. The summed E-state index contributed by atoms with van der Waals surface area (Å²) >= 11 is 0. The largest absolute Gasteiger partial charge is 0.383 e. The number of nitrogens with one attached hydrogen (secondary N) is 3. The smallest absolute Gasteiger partial charge is 0.173 e. The second kappa shape index (κ2) is 6.05. The molecule has 1 aromatic rings. The molecule has 0 aliphatic rings. The second-order valence-electron chi connectivity index (χ2n) is 4.53. The maximum absolute atomic E-state index is 8.32. The molecule has 0 aliphatic heterocycles. The normalized spacial score (nSPS) is 11.1. The van der Waals surface area contributed by atoms with Gasteiger partial charge in [0.05, 0.1) is 11.3 Å². The zero-order valence-electron chi connectivity index (χ0n) is 11.7. The monoisotopic (exact) mass is 248 g/mol. The van der Waals surface area contributed by atoms with Gasteiger partial charge in [-0.25, -0.2) is 4.58 Å². The molecule has 0 saturated carbocycles. The third-order valence-corrected chi connectivity index (χ3v) is 2.35. The van der Waals surface area contributed by atoms with Gasteiger partial charge >= 0.3 is 0 Å². The third-order valence-electron chi connectivity index (χ3n) is 2.35. The number of aromatic amines is 1. The van der Waals surface area contributed by atoms with E-state index in [1.807, 2.05) is 69.4 Å². The van der Waals surface area contributed by atoms with Crippen LogP contribution in [-0.4, -0.2) is 61.6 Å². The van der Waals surface area contributed by atoms with Crippen LogP contribution in [0.1, 0.15) is 5.56 Å². The van der Waals surface area contributed by atoms with Crippen LogP contribution in [0.4, 0.5) is 5.82 Å². The summed E-state index contributed by atoms with van der Waals surface area (Å²) in [5.41, 5.74) is 2.22. The van der Waals surface area contributed by atoms with Gasteiger partial charge in [-0.1, -0.05) is 0 Å². The van der Waals surface area contributed by atoms with E-state index >= 15 is 0 Å². The van der Waals surface area contributed by atoms with Crippen molar-refractivity contribution in [2.24, 2.45) is 0 Å². The van der Waals surface area contributed by atoms with E-state index in [2.05, 4.69) is 10.3 Å². The summed E-state index contributed by atoms with van der Waals surface area (Å²) in [5.74, 6) is 0.858. The lowest BCUT2D eigenvalue weighted by Gasteiger charge is -2.09. The standard InChI is InChI=1S/C13H22N5/c1-15-13-11(6-7-16-13)12(14)10(8-17(2)3)9-18(4)5/h6-9,14-16H,1-5H3/q+1. The van der Waals surface area contributed by atoms with Crippen molar-refractivity contribution >= 4 is 17.7 Å². The minimum absolute atomic E-state index is 0.489. The van der Waals surface area contributed by atoms with E-state index in [9.17, 15) is 0 Å². The molecule has 0 amide bonds. The third kappa shape index (κ3) is 3.48. The van der Waals surface area contributed by atoms with Crippen LogP contribution in [-0.2, 0) is 0 Å². The SMILES string of the molecule is CNc1[nH]ccc1C(=N)/C(C=[N+](C)C)=C\N(C)C. The van der Waals surface area contributed by atoms with Gasteiger partial charge in [0.1, 0.15) is 19.9 Å². The molecule has 3 N–H and O–H groups in total. The Morgan fingerprint density at radius 3 is 2.61 bits per heavy atom. The Balaban J connectivity index is 3.15. The van der Waals surface area contributed by atoms with E-state index in [4.69, 9.17) is 5.41 Å². The highest BCUT2D eigenvalue weighted by Crippen LogP contribution is 2.16. The minimum atomic E-state index is 0.489. The van der Waals surface area contributed by atoms with E-state index in [1.165, 1.54) is 0 Å². The first kappa shape index (κ1) is 14.0. The van der Waals surface area contributed by atoms with Gasteiger partial charge in [0.2, 0.25) is 0 Å². The molecule has 1 rings (SSSR count). The predicted octanol–water partition coefficient (Wildman–Crippen LogP) is 1.21. The fourth-order valence-corrected chi connectivity index (χ4v) is 1.66. The lowest BCUT2D eigenvalue weighted by molar-refractivity contribution is -0.458. The fraction of sp³-hybridized carbons (Fsp3) is 0.385. The van der Waals surface area contributed by atoms with Crippen molar-refractivity contribution in [1.82, 2.24) is 9.88 Å². The van der Waals surface area contributed by atoms with Crippen LogP contribution < -0.4 is 5.32 Å². The van der Waals surface area contributed by atoms with Crippen LogP contribution in [0.2, 0.25) is 0 Å². The van der Waals surface area contributed by atoms with E-state index in [0.29, 0.717) is 5.71 Å². The Morgan fingerprint density at radius 2 is 2.11 bits per heavy atom. The number of H-pyrrole nitrogens is 1. The van der Waals surface area contributed by atoms with Crippen LogP contribution in [0.3, 0.4) is 0 Å². The molecular weight excluding hydrogens is 226 g/mol. The fourth-order valence-electron chi connectivity index (χ4n) is 1.66. The van der Waals surface area contributed by atoms with E-state index in [0.717, 1.165) is 17.0 Å². The summed E-state index contributed by atoms with van der Waals surface area (Å²) in [6, 6.07) is 1.90. The second-order valence-corrected chi connectivity index (χ2v) is 4.53. The van der Waals surface area contributed by atoms with Gasteiger partial charge in [-0.15, -0.1) is 0 Å². The minimum Gasteiger partial charge on any atom is -0.383 e. The number of nitrogens with zero attached hydrogens (tertiary/aromatic N) is 2. The number of rotatable bonds is 5. The zero-order chi connectivity index (χ0) is 13.7. The molecule has 0 atom stereocenters. The molecule has 5 heteroatoms. The highest BCUT2D eigenvalue weighted by Gasteiger charge is 2.14. The number of aromatic nitrogens is 1. The molecule has 0 radical (unpaired) electrons. The topological polar surface area (TPSA) is 57.9 Å². The van der Waals surface area contributed by atoms with Crippen LogP contribution in [0, 0.1) is 5.41 Å². The van der Waals surface area contributed by atoms with Gasteiger partial charge in [0.15, 0.2) is 6.21 Å². The molecular formula is C13H22N5+. The molecule has 18 heavy (non-hydrogen) atoms. The molecule has 0 spiro atoms. The van der Waals surface area contributed by atoms with Crippen molar-refractivity contribution in [3.05, 3.63) is 29.6 Å². The molecule has 98 valence electrons. The van der Waals surface area contributed by atoms with Crippen molar-refractivity contribution in [3.63, 3.8) is 0 Å². The molecule has 0 aromatic carbocycles. The first-order chi connectivity index (χ1) is 8.45. The summed E-state index contributed by atoms with van der Waals surface area (Å²) in [6.07, 6.45) is 5.71. The average molecular weight is 248 g/mol. The highest BCUT2D eigenvalue weighted by molar-refractivity contribution is 6.23. The van der Waals surface area contributed by atoms with E-state index in [-0.39, 0.29) is 0 Å². The molecule has 0 saturated heterocycles. The van der Waals surface area contributed by atoms with Gasteiger partial charge in [0, 0.05) is 39.1 Å². The number of anilines is 1. The van der Waals surface area contributed by atoms with Crippen LogP contribution in [0.25, 0.3) is 0 Å². The van der Waals surface area contributed by atoms with Crippen LogP contribution in [0.15, 0.2) is 24.0 Å². The first-order valence-corrected chi connectivity index (χ1v) is 5.79. The summed E-state index contributed by atoms with van der Waals surface area (Å²) < 4.78 is 1.94. The summed E-state index contributed by atoms with van der Waals surface area (Å²) in [4.78, 5) is 5.02. The molecule has 0 bridgehead atoms. The molecule has 1 heterocycles. The van der Waals surface area contributed by atoms with Crippen molar-refractivity contribution in [1.29, 1.82) is 5.41 Å². The number of allylic oxidation sites excluding steroid dienone is 1. The molecule has 1 aromatic heterocycles. The summed E-state index contributed by atoms with van der Waals surface area (Å²) in [6.45, 7) is 0. The Hall–Kier alpha value is -2.04. The van der Waals surface area contributed by atoms with Gasteiger partial charge in [-0.2, -0.15) is 0 Å².